The molecule has 1 amide bonds. The van der Waals surface area contributed by atoms with Crippen LogP contribution in [0.5, 0.6) is 0 Å². The molecule has 1 saturated heterocycles. The molecule has 27 heavy (non-hydrogen) atoms. The van der Waals surface area contributed by atoms with Crippen molar-refractivity contribution in [3.05, 3.63) is 64.0 Å². The van der Waals surface area contributed by atoms with Crippen molar-refractivity contribution in [2.45, 2.75) is 6.92 Å². The highest BCUT2D eigenvalue weighted by Gasteiger charge is 2.21. The Balaban J connectivity index is 1.53. The second-order valence-electron chi connectivity index (χ2n) is 6.52. The van der Waals surface area contributed by atoms with Crippen LogP contribution in [0, 0.1) is 22.9 Å². The van der Waals surface area contributed by atoms with E-state index >= 15 is 0 Å². The first kappa shape index (κ1) is 18.8. The lowest BCUT2D eigenvalue weighted by atomic mass is 10.2. The molecule has 1 fully saturated rings. The molecule has 0 aliphatic carbocycles. The third-order valence-electron chi connectivity index (χ3n) is 4.62. The number of benzene rings is 2. The molecule has 3 rings (SSSR count). The summed E-state index contributed by atoms with van der Waals surface area (Å²) in [6.07, 6.45) is 0. The Morgan fingerprint density at radius 2 is 1.89 bits per heavy atom. The monoisotopic (exact) mass is 372 g/mol. The van der Waals surface area contributed by atoms with Crippen molar-refractivity contribution in [1.29, 1.82) is 0 Å². The lowest BCUT2D eigenvalue weighted by Gasteiger charge is -2.35. The molecule has 7 nitrogen and oxygen atoms in total. The minimum absolute atomic E-state index is 0.0219. The van der Waals surface area contributed by atoms with Crippen LogP contribution in [0.15, 0.2) is 42.5 Å². The molecular formula is C19H21FN4O3. The standard InChI is InChI=1S/C19H21FN4O3/c1-14-6-7-15(12-18(14)24(26)27)21-19(25)13-22-8-10-23(11-9-22)17-5-3-2-4-16(17)20/h2-7,12H,8-11,13H2,1H3,(H,21,25). The van der Waals surface area contributed by atoms with Crippen LogP contribution >= 0.6 is 0 Å². The molecule has 1 aliphatic rings. The lowest BCUT2D eigenvalue weighted by molar-refractivity contribution is -0.385. The molecule has 1 aliphatic heterocycles. The highest BCUT2D eigenvalue weighted by atomic mass is 19.1. The summed E-state index contributed by atoms with van der Waals surface area (Å²) < 4.78 is 13.9. The average Bonchev–Trinajstić information content (AvgIpc) is 2.64. The first-order chi connectivity index (χ1) is 12.9. The highest BCUT2D eigenvalue weighted by molar-refractivity contribution is 5.92. The number of amides is 1. The zero-order chi connectivity index (χ0) is 19.4. The lowest BCUT2D eigenvalue weighted by Crippen LogP contribution is -2.48. The van der Waals surface area contributed by atoms with Crippen molar-refractivity contribution in [2.24, 2.45) is 0 Å². The van der Waals surface area contributed by atoms with E-state index in [0.29, 0.717) is 43.1 Å². The predicted molar refractivity (Wildman–Crippen MR) is 102 cm³/mol. The molecule has 0 radical (unpaired) electrons. The second kappa shape index (κ2) is 8.13. The summed E-state index contributed by atoms with van der Waals surface area (Å²) in [5.41, 5.74) is 1.50. The summed E-state index contributed by atoms with van der Waals surface area (Å²) in [5.74, 6) is -0.475. The quantitative estimate of drug-likeness (QED) is 0.645. The number of nitro groups is 1. The molecule has 8 heteroatoms. The maximum atomic E-state index is 13.9. The van der Waals surface area contributed by atoms with Crippen molar-refractivity contribution < 1.29 is 14.1 Å². The Hall–Kier alpha value is -3.00. The SMILES string of the molecule is Cc1ccc(NC(=O)CN2CCN(c3ccccc3F)CC2)cc1[N+](=O)[O-]. The summed E-state index contributed by atoms with van der Waals surface area (Å²) in [4.78, 5) is 26.7. The van der Waals surface area contributed by atoms with Crippen LogP contribution < -0.4 is 10.2 Å². The number of para-hydroxylation sites is 1. The van der Waals surface area contributed by atoms with E-state index in [2.05, 4.69) is 5.32 Å². The molecule has 0 atom stereocenters. The number of piperazine rings is 1. The van der Waals surface area contributed by atoms with Gasteiger partial charge in [0.15, 0.2) is 0 Å². The Morgan fingerprint density at radius 1 is 1.19 bits per heavy atom. The van der Waals surface area contributed by atoms with E-state index in [0.717, 1.165) is 0 Å². The molecule has 0 saturated carbocycles. The van der Waals surface area contributed by atoms with Gasteiger partial charge in [0.25, 0.3) is 5.69 Å². The Bertz CT molecular complexity index is 851. The van der Waals surface area contributed by atoms with Crippen LogP contribution in [0.25, 0.3) is 0 Å². The number of halogens is 1. The van der Waals surface area contributed by atoms with Gasteiger partial charge >= 0.3 is 0 Å². The number of nitrogens with zero attached hydrogens (tertiary/aromatic N) is 3. The zero-order valence-corrected chi connectivity index (χ0v) is 15.0. The molecular weight excluding hydrogens is 351 g/mol. The minimum atomic E-state index is -0.465. The van der Waals surface area contributed by atoms with Crippen molar-refractivity contribution >= 4 is 23.0 Å². The van der Waals surface area contributed by atoms with Crippen molar-refractivity contribution in [1.82, 2.24) is 4.90 Å². The number of carbonyl (C=O) groups excluding carboxylic acids is 1. The van der Waals surface area contributed by atoms with Crippen LogP contribution in [0.3, 0.4) is 0 Å². The zero-order valence-electron chi connectivity index (χ0n) is 15.0. The fourth-order valence-electron chi connectivity index (χ4n) is 3.14. The van der Waals surface area contributed by atoms with Gasteiger partial charge in [0.2, 0.25) is 5.91 Å². The second-order valence-corrected chi connectivity index (χ2v) is 6.52. The Morgan fingerprint density at radius 3 is 2.56 bits per heavy atom. The number of anilines is 2. The molecule has 0 unspecified atom stereocenters. The largest absolute Gasteiger partial charge is 0.367 e. The van der Waals surface area contributed by atoms with Crippen molar-refractivity contribution in [3.63, 3.8) is 0 Å². The summed E-state index contributed by atoms with van der Waals surface area (Å²) in [5, 5.41) is 13.7. The van der Waals surface area contributed by atoms with E-state index in [9.17, 15) is 19.3 Å². The number of nitro benzene ring substituents is 1. The van der Waals surface area contributed by atoms with Gasteiger partial charge in [0.1, 0.15) is 5.82 Å². The minimum Gasteiger partial charge on any atom is -0.367 e. The number of aryl methyl sites for hydroxylation is 1. The molecule has 2 aromatic carbocycles. The van der Waals surface area contributed by atoms with Crippen LogP contribution in [-0.4, -0.2) is 48.5 Å². The number of hydrogen-bond donors (Lipinski definition) is 1. The van der Waals surface area contributed by atoms with Crippen LogP contribution in [0.1, 0.15) is 5.56 Å². The van der Waals surface area contributed by atoms with Crippen LogP contribution in [-0.2, 0) is 4.79 Å². The first-order valence-electron chi connectivity index (χ1n) is 8.71. The van der Waals surface area contributed by atoms with Gasteiger partial charge in [0, 0.05) is 43.5 Å². The van der Waals surface area contributed by atoms with Gasteiger partial charge in [-0.3, -0.25) is 19.8 Å². The maximum absolute atomic E-state index is 13.9. The summed E-state index contributed by atoms with van der Waals surface area (Å²) in [7, 11) is 0. The van der Waals surface area contributed by atoms with Crippen molar-refractivity contribution in [2.75, 3.05) is 42.9 Å². The fourth-order valence-corrected chi connectivity index (χ4v) is 3.14. The maximum Gasteiger partial charge on any atom is 0.274 e. The summed E-state index contributed by atoms with van der Waals surface area (Å²) >= 11 is 0. The first-order valence-corrected chi connectivity index (χ1v) is 8.71. The van der Waals surface area contributed by atoms with E-state index in [-0.39, 0.29) is 24.0 Å². The summed E-state index contributed by atoms with van der Waals surface area (Å²) in [6.45, 7) is 4.37. The normalized spacial score (nSPS) is 14.8. The molecule has 0 aromatic heterocycles. The predicted octanol–water partition coefficient (Wildman–Crippen LogP) is 2.80. The Kier molecular flexibility index (Phi) is 5.66. The van der Waals surface area contributed by atoms with E-state index < -0.39 is 4.92 Å². The fraction of sp³-hybridized carbons (Fsp3) is 0.316. The van der Waals surface area contributed by atoms with Gasteiger partial charge in [-0.15, -0.1) is 0 Å². The number of hydrogen-bond acceptors (Lipinski definition) is 5. The Labute approximate surface area is 156 Å². The van der Waals surface area contributed by atoms with Gasteiger partial charge in [-0.05, 0) is 25.1 Å². The molecule has 2 aromatic rings. The summed E-state index contributed by atoms with van der Waals surface area (Å²) in [6, 6.07) is 11.3. The topological polar surface area (TPSA) is 78.7 Å². The van der Waals surface area contributed by atoms with E-state index in [1.165, 1.54) is 12.1 Å². The number of nitrogens with one attached hydrogen (secondary N) is 1. The van der Waals surface area contributed by atoms with Crippen LogP contribution in [0.2, 0.25) is 0 Å². The van der Waals surface area contributed by atoms with Gasteiger partial charge in [-0.1, -0.05) is 18.2 Å². The van der Waals surface area contributed by atoms with Gasteiger partial charge in [-0.2, -0.15) is 0 Å². The molecule has 142 valence electrons. The third kappa shape index (κ3) is 4.59. The van der Waals surface area contributed by atoms with E-state index in [1.807, 2.05) is 9.80 Å². The van der Waals surface area contributed by atoms with Crippen LogP contribution in [0.4, 0.5) is 21.5 Å². The molecule has 1 N–H and O–H groups in total. The van der Waals surface area contributed by atoms with Gasteiger partial charge in [-0.25, -0.2) is 4.39 Å². The smallest absolute Gasteiger partial charge is 0.274 e. The number of rotatable bonds is 5. The molecule has 1 heterocycles. The van der Waals surface area contributed by atoms with Gasteiger partial charge < -0.3 is 10.2 Å². The van der Waals surface area contributed by atoms with E-state index in [1.54, 1.807) is 37.3 Å². The average molecular weight is 372 g/mol. The van der Waals surface area contributed by atoms with E-state index in [4.69, 9.17) is 0 Å². The number of carbonyl (C=O) groups is 1. The molecule has 0 spiro atoms. The van der Waals surface area contributed by atoms with Gasteiger partial charge in [0.05, 0.1) is 17.2 Å². The highest BCUT2D eigenvalue weighted by Crippen LogP contribution is 2.23. The molecule has 0 bridgehead atoms. The third-order valence-corrected chi connectivity index (χ3v) is 4.62. The van der Waals surface area contributed by atoms with Crippen molar-refractivity contribution in [3.8, 4) is 0 Å².